The van der Waals surface area contributed by atoms with Crippen LogP contribution in [0.5, 0.6) is 0 Å². The van der Waals surface area contributed by atoms with E-state index in [1.54, 1.807) is 13.2 Å². The molecule has 7 heteroatoms. The van der Waals surface area contributed by atoms with Crippen LogP contribution in [-0.4, -0.2) is 18.0 Å². The molecular weight excluding hydrogens is 353 g/mol. The molecule has 0 saturated carbocycles. The van der Waals surface area contributed by atoms with E-state index < -0.39 is 31.1 Å². The Hall–Kier alpha value is -1.09. The molecule has 5 nitrogen and oxygen atoms in total. The van der Waals surface area contributed by atoms with Gasteiger partial charge in [0.2, 0.25) is 0 Å². The number of sulfonamides is 1. The van der Waals surface area contributed by atoms with Crippen molar-refractivity contribution < 1.29 is 8.42 Å². The first-order valence-corrected chi connectivity index (χ1v) is 8.22. The minimum atomic E-state index is -3.62. The fourth-order valence-corrected chi connectivity index (χ4v) is 4.76. The van der Waals surface area contributed by atoms with Gasteiger partial charge in [-0.2, -0.15) is 8.42 Å². The summed E-state index contributed by atoms with van der Waals surface area (Å²) < 4.78 is 30.0. The summed E-state index contributed by atoms with van der Waals surface area (Å²) in [6, 6.07) is 9.39. The van der Waals surface area contributed by atoms with Gasteiger partial charge >= 0.3 is 10.0 Å². The minimum Gasteiger partial charge on any atom is -0.323 e. The van der Waals surface area contributed by atoms with Crippen LogP contribution < -0.4 is 0 Å². The van der Waals surface area contributed by atoms with Crippen molar-refractivity contribution in [2.45, 2.75) is 5.16 Å². The SMILES string of the molecule is Cn1ccnc1S(=O)(=O)N=Ic1ccccc1. The van der Waals surface area contributed by atoms with Crippen molar-refractivity contribution >= 4 is 31.1 Å². The molecule has 0 saturated heterocycles. The highest BCUT2D eigenvalue weighted by molar-refractivity contribution is 14.2. The van der Waals surface area contributed by atoms with Crippen LogP contribution in [0.4, 0.5) is 0 Å². The van der Waals surface area contributed by atoms with E-state index in [1.807, 2.05) is 30.3 Å². The minimum absolute atomic E-state index is 0.00636. The number of benzene rings is 1. The number of nitrogens with zero attached hydrogens (tertiary/aromatic N) is 3. The molecule has 17 heavy (non-hydrogen) atoms. The van der Waals surface area contributed by atoms with Gasteiger partial charge in [-0.1, -0.05) is 18.2 Å². The molecule has 0 atom stereocenters. The number of imidazole rings is 1. The number of hydrogen-bond acceptors (Lipinski definition) is 3. The summed E-state index contributed by atoms with van der Waals surface area (Å²) in [5.74, 6) is 0. The van der Waals surface area contributed by atoms with E-state index in [1.165, 1.54) is 10.8 Å². The van der Waals surface area contributed by atoms with Gasteiger partial charge in [-0.25, -0.2) is 4.98 Å². The highest BCUT2D eigenvalue weighted by Crippen LogP contribution is 2.19. The third-order valence-electron chi connectivity index (χ3n) is 1.96. The van der Waals surface area contributed by atoms with Crippen molar-refractivity contribution in [2.24, 2.45) is 9.60 Å². The molecule has 0 aliphatic rings. The standard InChI is InChI=1S/C10H10IN3O2S/c1-14-8-7-12-10(14)17(15,16)13-11-9-5-3-2-4-6-9/h2-8H,1H3. The number of aryl methyl sites for hydroxylation is 1. The van der Waals surface area contributed by atoms with Crippen LogP contribution in [0.15, 0.2) is 50.4 Å². The fraction of sp³-hybridized carbons (Fsp3) is 0.100. The zero-order valence-corrected chi connectivity index (χ0v) is 12.0. The van der Waals surface area contributed by atoms with E-state index in [-0.39, 0.29) is 5.16 Å². The zero-order valence-electron chi connectivity index (χ0n) is 8.99. The lowest BCUT2D eigenvalue weighted by molar-refractivity contribution is 0.582. The van der Waals surface area contributed by atoms with Crippen LogP contribution in [0.3, 0.4) is 0 Å². The van der Waals surface area contributed by atoms with E-state index in [9.17, 15) is 8.42 Å². The molecule has 90 valence electrons. The molecule has 0 fully saturated rings. The Balaban J connectivity index is 2.31. The summed E-state index contributed by atoms with van der Waals surface area (Å²) in [5, 5.41) is -0.00636. The Labute approximate surface area is 110 Å². The van der Waals surface area contributed by atoms with Gasteiger partial charge in [0.15, 0.2) is 0 Å². The maximum absolute atomic E-state index is 11.9. The predicted molar refractivity (Wildman–Crippen MR) is 72.0 cm³/mol. The second-order valence-corrected chi connectivity index (χ2v) is 7.61. The molecule has 0 N–H and O–H groups in total. The third-order valence-corrected chi connectivity index (χ3v) is 6.49. The lowest BCUT2D eigenvalue weighted by Gasteiger charge is -1.97. The lowest BCUT2D eigenvalue weighted by atomic mass is 10.4. The zero-order chi connectivity index (χ0) is 12.3. The van der Waals surface area contributed by atoms with Crippen LogP contribution >= 0.6 is 21.0 Å². The van der Waals surface area contributed by atoms with E-state index in [0.717, 1.165) is 3.57 Å². The van der Waals surface area contributed by atoms with Crippen LogP contribution in [0.2, 0.25) is 0 Å². The van der Waals surface area contributed by atoms with Crippen molar-refractivity contribution in [1.82, 2.24) is 9.55 Å². The van der Waals surface area contributed by atoms with Crippen LogP contribution in [-0.2, 0) is 17.1 Å². The van der Waals surface area contributed by atoms with E-state index >= 15 is 0 Å². The Kier molecular flexibility index (Phi) is 3.67. The number of aromatic nitrogens is 2. The maximum Gasteiger partial charge on any atom is 0.320 e. The van der Waals surface area contributed by atoms with Crippen molar-refractivity contribution in [3.05, 3.63) is 46.3 Å². The summed E-state index contributed by atoms with van der Waals surface area (Å²) in [5.41, 5.74) is 0. The molecule has 0 radical (unpaired) electrons. The molecule has 0 spiro atoms. The number of halogens is 1. The molecule has 2 rings (SSSR count). The Morgan fingerprint density at radius 3 is 2.59 bits per heavy atom. The average Bonchev–Trinajstić information content (AvgIpc) is 2.75. The molecule has 2 aromatic rings. The van der Waals surface area contributed by atoms with Gasteiger partial charge in [-0.15, -0.1) is 2.55 Å². The Morgan fingerprint density at radius 1 is 1.29 bits per heavy atom. The first-order chi connectivity index (χ1) is 8.09. The fourth-order valence-electron chi connectivity index (χ4n) is 1.19. The van der Waals surface area contributed by atoms with Gasteiger partial charge in [-0.05, 0) is 12.1 Å². The van der Waals surface area contributed by atoms with E-state index in [0.29, 0.717) is 0 Å². The smallest absolute Gasteiger partial charge is 0.320 e. The first kappa shape index (κ1) is 12.4. The van der Waals surface area contributed by atoms with Crippen molar-refractivity contribution in [2.75, 3.05) is 0 Å². The van der Waals surface area contributed by atoms with Gasteiger partial charge in [0, 0.05) is 44.0 Å². The number of hydrogen-bond donors (Lipinski definition) is 0. The van der Waals surface area contributed by atoms with Gasteiger partial charge in [0.25, 0.3) is 5.16 Å². The summed E-state index contributed by atoms with van der Waals surface area (Å²) in [6.45, 7) is 0. The van der Waals surface area contributed by atoms with Gasteiger partial charge in [0.05, 0.1) is 0 Å². The van der Waals surface area contributed by atoms with E-state index in [2.05, 4.69) is 7.53 Å². The van der Waals surface area contributed by atoms with Crippen molar-refractivity contribution in [3.63, 3.8) is 0 Å². The molecule has 0 bridgehead atoms. The van der Waals surface area contributed by atoms with Crippen LogP contribution in [0.25, 0.3) is 0 Å². The predicted octanol–water partition coefficient (Wildman–Crippen LogP) is 2.13. The van der Waals surface area contributed by atoms with Gasteiger partial charge < -0.3 is 4.57 Å². The molecule has 0 unspecified atom stereocenters. The normalized spacial score (nSPS) is 12.5. The second kappa shape index (κ2) is 5.05. The van der Waals surface area contributed by atoms with Crippen molar-refractivity contribution in [1.29, 1.82) is 0 Å². The molecular formula is C10H10IN3O2S. The average molecular weight is 363 g/mol. The number of rotatable bonds is 3. The molecule has 0 aliphatic heterocycles. The first-order valence-electron chi connectivity index (χ1n) is 4.73. The van der Waals surface area contributed by atoms with Crippen LogP contribution in [0, 0.1) is 3.57 Å². The summed E-state index contributed by atoms with van der Waals surface area (Å²) in [6.07, 6.45) is 3.03. The van der Waals surface area contributed by atoms with Crippen LogP contribution in [0.1, 0.15) is 0 Å². The van der Waals surface area contributed by atoms with Crippen molar-refractivity contribution in [3.8, 4) is 0 Å². The second-order valence-electron chi connectivity index (χ2n) is 3.24. The molecule has 1 aromatic heterocycles. The molecule has 0 aliphatic carbocycles. The Bertz CT molecular complexity index is 635. The van der Waals surface area contributed by atoms with Gasteiger partial charge in [-0.3, -0.25) is 0 Å². The topological polar surface area (TPSA) is 64.3 Å². The highest BCUT2D eigenvalue weighted by Gasteiger charge is 2.17. The maximum atomic E-state index is 11.9. The monoisotopic (exact) mass is 363 g/mol. The molecule has 0 amide bonds. The summed E-state index contributed by atoms with van der Waals surface area (Å²) in [7, 11) is -1.98. The lowest BCUT2D eigenvalue weighted by Crippen LogP contribution is -2.03. The summed E-state index contributed by atoms with van der Waals surface area (Å²) >= 11 is -0.899. The molecule has 1 aromatic carbocycles. The van der Waals surface area contributed by atoms with Gasteiger partial charge in [0.1, 0.15) is 0 Å². The molecule has 1 heterocycles. The highest BCUT2D eigenvalue weighted by atomic mass is 127. The van der Waals surface area contributed by atoms with E-state index in [4.69, 9.17) is 0 Å². The quantitative estimate of drug-likeness (QED) is 0.785. The third kappa shape index (κ3) is 2.97. The summed E-state index contributed by atoms with van der Waals surface area (Å²) in [4.78, 5) is 3.80. The Morgan fingerprint density at radius 2 is 2.00 bits per heavy atom. The largest absolute Gasteiger partial charge is 0.323 e.